The van der Waals surface area contributed by atoms with Gasteiger partial charge in [-0.2, -0.15) is 0 Å². The van der Waals surface area contributed by atoms with E-state index in [1.54, 1.807) is 0 Å². The molecule has 1 atom stereocenters. The van der Waals surface area contributed by atoms with Gasteiger partial charge in [0.15, 0.2) is 0 Å². The van der Waals surface area contributed by atoms with Gasteiger partial charge in [-0.05, 0) is 65.6 Å². The first-order chi connectivity index (χ1) is 11.0. The van der Waals surface area contributed by atoms with Crippen LogP contribution in [-0.4, -0.2) is 17.8 Å². The Balaban J connectivity index is 1.96. The average molecular weight is 308 g/mol. The molecule has 2 nitrogen and oxygen atoms in total. The third-order valence-corrected chi connectivity index (χ3v) is 4.51. The molecule has 120 valence electrons. The number of benzene rings is 3. The van der Waals surface area contributed by atoms with Gasteiger partial charge in [0.05, 0.1) is 18.3 Å². The van der Waals surface area contributed by atoms with E-state index in [1.165, 1.54) is 21.5 Å². The lowest BCUT2D eigenvalue weighted by Crippen LogP contribution is -2.27. The molecule has 0 fully saturated rings. The van der Waals surface area contributed by atoms with Crippen LogP contribution in [0.1, 0.15) is 32.8 Å². The standard InChI is InChI=1S/C21H24O2/c1-4-20(22)14-23-21(2,3)19-10-9-17-11-15-7-5-6-8-16(15)12-18(17)13-19/h5-13,20,22H,4,14H2,1-3H3. The summed E-state index contributed by atoms with van der Waals surface area (Å²) < 4.78 is 5.95. The molecule has 3 rings (SSSR count). The Morgan fingerprint density at radius 1 is 0.913 bits per heavy atom. The van der Waals surface area contributed by atoms with Crippen molar-refractivity contribution in [3.63, 3.8) is 0 Å². The smallest absolute Gasteiger partial charge is 0.0876 e. The summed E-state index contributed by atoms with van der Waals surface area (Å²) in [6.45, 7) is 6.43. The molecule has 0 spiro atoms. The highest BCUT2D eigenvalue weighted by Crippen LogP contribution is 2.30. The Morgan fingerprint density at radius 3 is 2.17 bits per heavy atom. The second kappa shape index (κ2) is 6.31. The number of rotatable bonds is 5. The SMILES string of the molecule is CCC(O)COC(C)(C)c1ccc2cc3ccccc3cc2c1. The van der Waals surface area contributed by atoms with Gasteiger partial charge in [-0.25, -0.2) is 0 Å². The van der Waals surface area contributed by atoms with Gasteiger partial charge in [0.2, 0.25) is 0 Å². The summed E-state index contributed by atoms with van der Waals surface area (Å²) in [7, 11) is 0. The van der Waals surface area contributed by atoms with Crippen molar-refractivity contribution < 1.29 is 9.84 Å². The topological polar surface area (TPSA) is 29.5 Å². The molecule has 1 unspecified atom stereocenters. The van der Waals surface area contributed by atoms with Gasteiger partial charge in [-0.15, -0.1) is 0 Å². The summed E-state index contributed by atoms with van der Waals surface area (Å²) in [4.78, 5) is 0. The zero-order valence-electron chi connectivity index (χ0n) is 14.0. The Hall–Kier alpha value is -1.90. The highest BCUT2D eigenvalue weighted by atomic mass is 16.5. The monoisotopic (exact) mass is 308 g/mol. The molecule has 0 saturated carbocycles. The van der Waals surface area contributed by atoms with Gasteiger partial charge in [0.25, 0.3) is 0 Å². The maximum Gasteiger partial charge on any atom is 0.0876 e. The van der Waals surface area contributed by atoms with Crippen LogP contribution >= 0.6 is 0 Å². The molecule has 0 aliphatic heterocycles. The third-order valence-electron chi connectivity index (χ3n) is 4.51. The molecule has 0 radical (unpaired) electrons. The van der Waals surface area contributed by atoms with E-state index in [1.807, 2.05) is 6.92 Å². The molecule has 3 aromatic rings. The molecule has 1 N–H and O–H groups in total. The van der Waals surface area contributed by atoms with E-state index in [0.29, 0.717) is 13.0 Å². The number of fused-ring (bicyclic) bond motifs is 2. The first-order valence-corrected chi connectivity index (χ1v) is 8.24. The predicted molar refractivity (Wildman–Crippen MR) is 96.7 cm³/mol. The van der Waals surface area contributed by atoms with Crippen LogP contribution in [-0.2, 0) is 10.3 Å². The molecule has 0 heterocycles. The van der Waals surface area contributed by atoms with Gasteiger partial charge in [-0.1, -0.05) is 43.3 Å². The lowest BCUT2D eigenvalue weighted by Gasteiger charge is -2.27. The van der Waals surface area contributed by atoms with Crippen molar-refractivity contribution in [3.8, 4) is 0 Å². The van der Waals surface area contributed by atoms with Crippen molar-refractivity contribution in [1.29, 1.82) is 0 Å². The van der Waals surface area contributed by atoms with Crippen LogP contribution in [0.5, 0.6) is 0 Å². The summed E-state index contributed by atoms with van der Waals surface area (Å²) in [6, 6.07) is 19.3. The molecule has 2 heteroatoms. The van der Waals surface area contributed by atoms with Gasteiger partial charge in [0.1, 0.15) is 0 Å². The zero-order valence-corrected chi connectivity index (χ0v) is 14.0. The highest BCUT2D eigenvalue weighted by molar-refractivity contribution is 5.98. The fourth-order valence-corrected chi connectivity index (χ4v) is 2.82. The van der Waals surface area contributed by atoms with Gasteiger partial charge in [-0.3, -0.25) is 0 Å². The van der Waals surface area contributed by atoms with Crippen molar-refractivity contribution in [2.24, 2.45) is 0 Å². The minimum Gasteiger partial charge on any atom is -0.391 e. The van der Waals surface area contributed by atoms with Gasteiger partial charge in [0, 0.05) is 0 Å². The number of aliphatic hydroxyl groups is 1. The van der Waals surface area contributed by atoms with E-state index in [4.69, 9.17) is 4.74 Å². The van der Waals surface area contributed by atoms with E-state index in [0.717, 1.165) is 5.56 Å². The second-order valence-corrected chi connectivity index (χ2v) is 6.64. The van der Waals surface area contributed by atoms with Crippen molar-refractivity contribution >= 4 is 21.5 Å². The summed E-state index contributed by atoms with van der Waals surface area (Å²) in [5.74, 6) is 0. The summed E-state index contributed by atoms with van der Waals surface area (Å²) in [5.41, 5.74) is 0.708. The first-order valence-electron chi connectivity index (χ1n) is 8.24. The average Bonchev–Trinajstić information content (AvgIpc) is 2.57. The molecule has 3 aromatic carbocycles. The van der Waals surface area contributed by atoms with Crippen molar-refractivity contribution in [3.05, 3.63) is 60.2 Å². The Bertz CT molecular complexity index is 820. The summed E-state index contributed by atoms with van der Waals surface area (Å²) >= 11 is 0. The molecule has 0 amide bonds. The number of hydrogen-bond donors (Lipinski definition) is 1. The van der Waals surface area contributed by atoms with Crippen LogP contribution in [0.2, 0.25) is 0 Å². The van der Waals surface area contributed by atoms with Crippen LogP contribution in [0.4, 0.5) is 0 Å². The van der Waals surface area contributed by atoms with E-state index >= 15 is 0 Å². The molecule has 0 bridgehead atoms. The maximum absolute atomic E-state index is 9.73. The van der Waals surface area contributed by atoms with Crippen molar-refractivity contribution in [2.45, 2.75) is 38.9 Å². The fraction of sp³-hybridized carbons (Fsp3) is 0.333. The van der Waals surface area contributed by atoms with E-state index < -0.39 is 11.7 Å². The van der Waals surface area contributed by atoms with Gasteiger partial charge < -0.3 is 9.84 Å². The van der Waals surface area contributed by atoms with Crippen LogP contribution in [0.15, 0.2) is 54.6 Å². The van der Waals surface area contributed by atoms with Crippen molar-refractivity contribution in [2.75, 3.05) is 6.61 Å². The normalized spacial score (nSPS) is 13.6. The third kappa shape index (κ3) is 3.39. The van der Waals surface area contributed by atoms with Crippen LogP contribution in [0, 0.1) is 0 Å². The predicted octanol–water partition coefficient (Wildman–Crippen LogP) is 5.02. The zero-order chi connectivity index (χ0) is 16.4. The molecular formula is C21H24O2. The first kappa shape index (κ1) is 16.0. The van der Waals surface area contributed by atoms with Crippen molar-refractivity contribution in [1.82, 2.24) is 0 Å². The molecule has 0 aliphatic rings. The number of aliphatic hydroxyl groups excluding tert-OH is 1. The van der Waals surface area contributed by atoms with Crippen LogP contribution in [0.3, 0.4) is 0 Å². The summed E-state index contributed by atoms with van der Waals surface area (Å²) in [6.07, 6.45) is 0.304. The molecule has 0 aromatic heterocycles. The quantitative estimate of drug-likeness (QED) is 0.671. The van der Waals surface area contributed by atoms with E-state index in [-0.39, 0.29) is 0 Å². The lowest BCUT2D eigenvalue weighted by molar-refractivity contribution is -0.0635. The Kier molecular flexibility index (Phi) is 4.38. The Labute approximate surface area is 137 Å². The fourth-order valence-electron chi connectivity index (χ4n) is 2.82. The van der Waals surface area contributed by atoms with E-state index in [2.05, 4.69) is 68.4 Å². The molecule has 23 heavy (non-hydrogen) atoms. The van der Waals surface area contributed by atoms with E-state index in [9.17, 15) is 5.11 Å². The van der Waals surface area contributed by atoms with Crippen LogP contribution in [0.25, 0.3) is 21.5 Å². The Morgan fingerprint density at radius 2 is 1.52 bits per heavy atom. The number of hydrogen-bond acceptors (Lipinski definition) is 2. The lowest BCUT2D eigenvalue weighted by atomic mass is 9.94. The molecule has 0 aliphatic carbocycles. The second-order valence-electron chi connectivity index (χ2n) is 6.64. The maximum atomic E-state index is 9.73. The molecular weight excluding hydrogens is 284 g/mol. The van der Waals surface area contributed by atoms with Crippen LogP contribution < -0.4 is 0 Å². The highest BCUT2D eigenvalue weighted by Gasteiger charge is 2.22. The minimum atomic E-state index is -0.421. The summed E-state index contributed by atoms with van der Waals surface area (Å²) in [5, 5.41) is 14.7. The minimum absolute atomic E-state index is 0.360. The number of ether oxygens (including phenoxy) is 1. The molecule has 0 saturated heterocycles. The van der Waals surface area contributed by atoms with Gasteiger partial charge >= 0.3 is 0 Å². The largest absolute Gasteiger partial charge is 0.391 e.